The normalized spacial score (nSPS) is 30.6. The predicted molar refractivity (Wildman–Crippen MR) is 146 cm³/mol. The van der Waals surface area contributed by atoms with Gasteiger partial charge < -0.3 is 73.7 Å². The number of hydrogen-bond donors (Lipinski definition) is 8. The monoisotopic (exact) mass is 624 g/mol. The van der Waals surface area contributed by atoms with E-state index >= 15 is 0 Å². The average Bonchev–Trinajstić information content (AvgIpc) is 2.98. The highest BCUT2D eigenvalue weighted by Crippen LogP contribution is 2.44. The van der Waals surface area contributed by atoms with E-state index in [1.807, 2.05) is 0 Å². The Morgan fingerprint density at radius 2 is 1.45 bits per heavy atom. The number of aliphatic hydroxyl groups excluding tert-OH is 6. The molecule has 0 radical (unpaired) electrons. The van der Waals surface area contributed by atoms with Gasteiger partial charge in [0.1, 0.15) is 59.1 Å². The van der Waals surface area contributed by atoms with Crippen molar-refractivity contribution in [3.05, 3.63) is 34.5 Å². The summed E-state index contributed by atoms with van der Waals surface area (Å²) in [5.74, 6) is -2.24. The van der Waals surface area contributed by atoms with Gasteiger partial charge in [-0.2, -0.15) is 0 Å². The van der Waals surface area contributed by atoms with Crippen LogP contribution in [-0.4, -0.2) is 117 Å². The molecule has 0 aliphatic carbocycles. The molecule has 16 nitrogen and oxygen atoms in total. The summed E-state index contributed by atoms with van der Waals surface area (Å²) in [6.07, 6.45) is -13.1. The van der Waals surface area contributed by atoms with E-state index in [1.165, 1.54) is 33.3 Å². The Balaban J connectivity index is 1.57. The number of hydrogen-bond acceptors (Lipinski definition) is 16. The fraction of sp³-hybridized carbons (Fsp3) is 0.464. The van der Waals surface area contributed by atoms with Crippen LogP contribution in [0.2, 0.25) is 0 Å². The largest absolute Gasteiger partial charge is 0.507 e. The van der Waals surface area contributed by atoms with Crippen molar-refractivity contribution in [1.29, 1.82) is 0 Å². The van der Waals surface area contributed by atoms with E-state index in [0.717, 1.165) is 12.1 Å². The summed E-state index contributed by atoms with van der Waals surface area (Å²) >= 11 is 0. The summed E-state index contributed by atoms with van der Waals surface area (Å²) in [7, 11) is 2.41. The van der Waals surface area contributed by atoms with E-state index in [9.17, 15) is 45.6 Å². The number of benzene rings is 2. The molecule has 5 rings (SSSR count). The molecule has 2 aliphatic rings. The average molecular weight is 625 g/mol. The summed E-state index contributed by atoms with van der Waals surface area (Å²) in [6.45, 7) is 1.10. The van der Waals surface area contributed by atoms with E-state index in [-0.39, 0.29) is 51.9 Å². The highest BCUT2D eigenvalue weighted by molar-refractivity contribution is 5.88. The van der Waals surface area contributed by atoms with Crippen LogP contribution in [0.4, 0.5) is 0 Å². The second kappa shape index (κ2) is 12.3. The highest BCUT2D eigenvalue weighted by atomic mass is 16.7. The minimum atomic E-state index is -1.68. The highest BCUT2D eigenvalue weighted by Gasteiger charge is 2.43. The number of phenols is 2. The Bertz CT molecular complexity index is 1570. The summed E-state index contributed by atoms with van der Waals surface area (Å²) < 4.78 is 38.5. The van der Waals surface area contributed by atoms with Crippen molar-refractivity contribution in [1.82, 2.24) is 0 Å². The van der Waals surface area contributed by atoms with Crippen LogP contribution in [0.1, 0.15) is 6.92 Å². The zero-order valence-corrected chi connectivity index (χ0v) is 23.6. The maximum Gasteiger partial charge on any atom is 0.239 e. The molecule has 0 saturated carbocycles. The van der Waals surface area contributed by atoms with Crippen LogP contribution in [-0.2, 0) is 9.47 Å². The van der Waals surface area contributed by atoms with Gasteiger partial charge in [-0.05, 0) is 19.1 Å². The number of aromatic hydroxyl groups is 2. The fourth-order valence-electron chi connectivity index (χ4n) is 4.97. The standard InChI is InChI=1S/C28H32O16/c1-9-18(32)21(35)23(37)28(41-9)42-11-6-12(29)17-15(7-11)43-24(26(39-3)20(17)34)10-4-13(30)25(38-2)16(5-10)44-27-22(36)19(33)14(31)8-40-27/h4-7,9,14,18-19,21-23,27-33,35-37H,8H2,1-3H3/t9-,14-,18-,19-,21-,22-,23-,27+,28+/m0/s1. The zero-order chi connectivity index (χ0) is 32.0. The third-order valence-electron chi connectivity index (χ3n) is 7.37. The van der Waals surface area contributed by atoms with Crippen molar-refractivity contribution in [3.8, 4) is 45.8 Å². The van der Waals surface area contributed by atoms with Crippen LogP contribution in [0.15, 0.2) is 33.5 Å². The Labute approximate surface area is 248 Å². The van der Waals surface area contributed by atoms with Gasteiger partial charge in [-0.25, -0.2) is 0 Å². The molecule has 3 heterocycles. The molecule has 0 bridgehead atoms. The number of ether oxygens (including phenoxy) is 6. The lowest BCUT2D eigenvalue weighted by Crippen LogP contribution is -2.58. The number of rotatable bonds is 7. The molecule has 44 heavy (non-hydrogen) atoms. The topological polar surface area (TPSA) is 247 Å². The van der Waals surface area contributed by atoms with Crippen molar-refractivity contribution in [3.63, 3.8) is 0 Å². The van der Waals surface area contributed by atoms with E-state index in [2.05, 4.69) is 0 Å². The van der Waals surface area contributed by atoms with Crippen LogP contribution in [0.3, 0.4) is 0 Å². The van der Waals surface area contributed by atoms with E-state index in [0.29, 0.717) is 0 Å². The molecule has 240 valence electrons. The molecule has 9 atom stereocenters. The van der Waals surface area contributed by atoms with E-state index in [4.69, 9.17) is 32.8 Å². The first kappa shape index (κ1) is 31.6. The number of aliphatic hydroxyl groups is 6. The summed E-state index contributed by atoms with van der Waals surface area (Å²) in [5.41, 5.74) is -1.03. The van der Waals surface area contributed by atoms with Gasteiger partial charge in [0, 0.05) is 17.7 Å². The minimum absolute atomic E-state index is 0.00261. The fourth-order valence-corrected chi connectivity index (χ4v) is 4.97. The first-order valence-electron chi connectivity index (χ1n) is 13.3. The Morgan fingerprint density at radius 3 is 2.14 bits per heavy atom. The molecule has 1 aromatic heterocycles. The SMILES string of the molecule is COc1c(O)cc(-c2oc3cc(O[C@H]4O[C@@H](C)[C@H](O)[C@H](O)[C@@H]4O)cc(O)c3c(=O)c2OC)cc1O[C@H]1OC[C@H](O)[C@H](O)[C@@H]1O. The van der Waals surface area contributed by atoms with Crippen LogP contribution >= 0.6 is 0 Å². The second-order valence-corrected chi connectivity index (χ2v) is 10.3. The van der Waals surface area contributed by atoms with Crippen LogP contribution in [0, 0.1) is 0 Å². The molecule has 0 unspecified atom stereocenters. The maximum absolute atomic E-state index is 13.4. The quantitative estimate of drug-likeness (QED) is 0.156. The van der Waals surface area contributed by atoms with Gasteiger partial charge in [0.05, 0.1) is 26.9 Å². The number of methoxy groups -OCH3 is 2. The van der Waals surface area contributed by atoms with Crippen molar-refractivity contribution in [2.75, 3.05) is 20.8 Å². The van der Waals surface area contributed by atoms with Gasteiger partial charge in [-0.3, -0.25) is 4.79 Å². The molecular weight excluding hydrogens is 592 g/mol. The first-order valence-corrected chi connectivity index (χ1v) is 13.3. The van der Waals surface area contributed by atoms with Crippen molar-refractivity contribution < 1.29 is 73.7 Å². The predicted octanol–water partition coefficient (Wildman–Crippen LogP) is -1.09. The van der Waals surface area contributed by atoms with Gasteiger partial charge in [-0.1, -0.05) is 0 Å². The molecule has 2 aromatic carbocycles. The smallest absolute Gasteiger partial charge is 0.239 e. The lowest BCUT2D eigenvalue weighted by Gasteiger charge is -2.38. The molecule has 2 fully saturated rings. The second-order valence-electron chi connectivity index (χ2n) is 10.3. The van der Waals surface area contributed by atoms with Crippen molar-refractivity contribution >= 4 is 11.0 Å². The third-order valence-corrected chi connectivity index (χ3v) is 7.37. The van der Waals surface area contributed by atoms with Crippen molar-refractivity contribution in [2.45, 2.75) is 62.2 Å². The Kier molecular flexibility index (Phi) is 8.79. The Hall–Kier alpha value is -3.87. The molecule has 2 aliphatic heterocycles. The Morgan fingerprint density at radius 1 is 0.773 bits per heavy atom. The van der Waals surface area contributed by atoms with Gasteiger partial charge in [0.15, 0.2) is 17.3 Å². The molecule has 3 aromatic rings. The molecule has 0 amide bonds. The summed E-state index contributed by atoms with van der Waals surface area (Å²) in [4.78, 5) is 13.4. The maximum atomic E-state index is 13.4. The lowest BCUT2D eigenvalue weighted by atomic mass is 10.00. The number of phenolic OH excluding ortho intramolecular Hbond substituents is 2. The van der Waals surface area contributed by atoms with Crippen LogP contribution < -0.4 is 24.4 Å². The van der Waals surface area contributed by atoms with Crippen molar-refractivity contribution in [2.24, 2.45) is 0 Å². The molecule has 0 spiro atoms. The zero-order valence-electron chi connectivity index (χ0n) is 23.6. The summed E-state index contributed by atoms with van der Waals surface area (Å²) in [6, 6.07) is 4.69. The number of fused-ring (bicyclic) bond motifs is 1. The minimum Gasteiger partial charge on any atom is -0.507 e. The van der Waals surface area contributed by atoms with Gasteiger partial charge in [-0.15, -0.1) is 0 Å². The molecule has 16 heteroatoms. The van der Waals surface area contributed by atoms with Gasteiger partial charge in [0.2, 0.25) is 29.5 Å². The lowest BCUT2D eigenvalue weighted by molar-refractivity contribution is -0.268. The third kappa shape index (κ3) is 5.57. The molecule has 2 saturated heterocycles. The van der Waals surface area contributed by atoms with Gasteiger partial charge >= 0.3 is 0 Å². The first-order chi connectivity index (χ1) is 20.9. The van der Waals surface area contributed by atoms with E-state index in [1.54, 1.807) is 0 Å². The van der Waals surface area contributed by atoms with Gasteiger partial charge in [0.25, 0.3) is 0 Å². The molecule has 8 N–H and O–H groups in total. The van der Waals surface area contributed by atoms with E-state index < -0.39 is 72.2 Å². The van der Waals surface area contributed by atoms with Crippen LogP contribution in [0.5, 0.6) is 34.5 Å². The molecular formula is C28H32O16. The van der Waals surface area contributed by atoms with Crippen LogP contribution in [0.25, 0.3) is 22.3 Å². The summed E-state index contributed by atoms with van der Waals surface area (Å²) in [5, 5.41) is 81.6.